The second-order valence-electron chi connectivity index (χ2n) is 8.65. The quantitative estimate of drug-likeness (QED) is 0.415. The largest absolute Gasteiger partial charge is 0.310 e. The molecule has 0 saturated heterocycles. The molecule has 164 valence electrons. The molecular weight excluding hydrogens is 416 g/mol. The zero-order valence-electron chi connectivity index (χ0n) is 18.3. The summed E-state index contributed by atoms with van der Waals surface area (Å²) in [6, 6.07) is 11.4. The summed E-state index contributed by atoms with van der Waals surface area (Å²) in [7, 11) is 0. The van der Waals surface area contributed by atoms with Gasteiger partial charge in [-0.15, -0.1) is 10.2 Å². The summed E-state index contributed by atoms with van der Waals surface area (Å²) >= 11 is 0. The second kappa shape index (κ2) is 7.47. The molecule has 9 nitrogen and oxygen atoms in total. The van der Waals surface area contributed by atoms with Crippen molar-refractivity contribution in [2.24, 2.45) is 0 Å². The summed E-state index contributed by atoms with van der Waals surface area (Å²) in [6.07, 6.45) is 9.63. The van der Waals surface area contributed by atoms with Gasteiger partial charge in [0.1, 0.15) is 12.0 Å². The maximum absolute atomic E-state index is 13.4. The summed E-state index contributed by atoms with van der Waals surface area (Å²) in [5, 5.41) is 14.0. The topological polar surface area (TPSA) is 96.3 Å². The van der Waals surface area contributed by atoms with Gasteiger partial charge < -0.3 is 9.13 Å². The van der Waals surface area contributed by atoms with Crippen LogP contribution in [0.15, 0.2) is 66.2 Å². The van der Waals surface area contributed by atoms with Crippen molar-refractivity contribution in [1.29, 1.82) is 0 Å². The van der Waals surface area contributed by atoms with Crippen LogP contribution in [0.5, 0.6) is 0 Å². The number of nitrogens with zero attached hydrogens (tertiary/aromatic N) is 8. The van der Waals surface area contributed by atoms with E-state index in [9.17, 15) is 4.79 Å². The van der Waals surface area contributed by atoms with Crippen molar-refractivity contribution in [2.75, 3.05) is 0 Å². The minimum absolute atomic E-state index is 0.184. The number of imidazole rings is 1. The fourth-order valence-corrected chi connectivity index (χ4v) is 3.99. The minimum atomic E-state index is -0.230. The van der Waals surface area contributed by atoms with Crippen molar-refractivity contribution in [1.82, 2.24) is 39.1 Å². The molecule has 0 unspecified atom stereocenters. The second-order valence-corrected chi connectivity index (χ2v) is 8.65. The Bertz CT molecular complexity index is 1540. The van der Waals surface area contributed by atoms with Gasteiger partial charge >= 0.3 is 0 Å². The predicted molar refractivity (Wildman–Crippen MR) is 124 cm³/mol. The van der Waals surface area contributed by atoms with Crippen LogP contribution >= 0.6 is 0 Å². The van der Waals surface area contributed by atoms with E-state index in [0.29, 0.717) is 28.6 Å². The van der Waals surface area contributed by atoms with Crippen LogP contribution < -0.4 is 5.56 Å². The molecule has 1 fully saturated rings. The molecule has 0 radical (unpaired) electrons. The molecular formula is C24H22N8O. The summed E-state index contributed by atoms with van der Waals surface area (Å²) < 4.78 is 5.24. The Hall–Kier alpha value is -4.14. The third kappa shape index (κ3) is 3.42. The van der Waals surface area contributed by atoms with Gasteiger partial charge in [0.15, 0.2) is 11.6 Å². The SMILES string of the molecule is CC(C)n1cnnc1-c1cccc(-n2ncc3ccc(-n4cnc(C5CC5)c4)cc3c2=O)n1. The lowest BCUT2D eigenvalue weighted by Gasteiger charge is -2.11. The van der Waals surface area contributed by atoms with Gasteiger partial charge in [0, 0.05) is 29.2 Å². The molecule has 6 rings (SSSR count). The van der Waals surface area contributed by atoms with Gasteiger partial charge in [-0.25, -0.2) is 9.97 Å². The van der Waals surface area contributed by atoms with E-state index in [1.165, 1.54) is 17.5 Å². The van der Waals surface area contributed by atoms with Crippen LogP contribution in [0.4, 0.5) is 0 Å². The lowest BCUT2D eigenvalue weighted by Crippen LogP contribution is -2.22. The number of rotatable bonds is 5. The van der Waals surface area contributed by atoms with Crippen LogP contribution in [0.2, 0.25) is 0 Å². The Morgan fingerprint density at radius 2 is 1.97 bits per heavy atom. The summed E-state index contributed by atoms with van der Waals surface area (Å²) in [5.41, 5.74) is 2.40. The first kappa shape index (κ1) is 19.5. The fraction of sp³-hybridized carbons (Fsp3) is 0.250. The molecule has 0 amide bonds. The number of fused-ring (bicyclic) bond motifs is 1. The fourth-order valence-electron chi connectivity index (χ4n) is 3.99. The Kier molecular flexibility index (Phi) is 4.42. The van der Waals surface area contributed by atoms with Gasteiger partial charge in [0.05, 0.1) is 23.6 Å². The van der Waals surface area contributed by atoms with Crippen LogP contribution in [0, 0.1) is 0 Å². The van der Waals surface area contributed by atoms with Crippen LogP contribution in [0.3, 0.4) is 0 Å². The van der Waals surface area contributed by atoms with E-state index in [-0.39, 0.29) is 11.6 Å². The van der Waals surface area contributed by atoms with Crippen LogP contribution in [-0.2, 0) is 0 Å². The van der Waals surface area contributed by atoms with E-state index in [2.05, 4.69) is 45.3 Å². The summed E-state index contributed by atoms with van der Waals surface area (Å²) in [6.45, 7) is 4.11. The standard InChI is InChI=1S/C24H22N8O/c1-15(2)31-14-26-29-23(31)20-4-3-5-22(28-20)32-24(33)19-10-18(9-8-17(19)11-27-32)30-12-21(25-13-30)16-6-7-16/h3-5,8-16H,6-7H2,1-2H3. The zero-order valence-corrected chi connectivity index (χ0v) is 18.3. The highest BCUT2D eigenvalue weighted by Gasteiger charge is 2.25. The third-order valence-electron chi connectivity index (χ3n) is 5.98. The highest BCUT2D eigenvalue weighted by atomic mass is 16.1. The van der Waals surface area contributed by atoms with Gasteiger partial charge in [-0.1, -0.05) is 12.1 Å². The third-order valence-corrected chi connectivity index (χ3v) is 5.98. The highest BCUT2D eigenvalue weighted by Crippen LogP contribution is 2.39. The molecule has 33 heavy (non-hydrogen) atoms. The molecule has 1 aliphatic rings. The maximum Gasteiger partial charge on any atom is 0.280 e. The first-order chi connectivity index (χ1) is 16.1. The average Bonchev–Trinajstić information content (AvgIpc) is 3.34. The molecule has 1 aliphatic carbocycles. The number of aromatic nitrogens is 8. The zero-order chi connectivity index (χ0) is 22.5. The monoisotopic (exact) mass is 438 g/mol. The molecule has 0 atom stereocenters. The Balaban J connectivity index is 1.43. The van der Waals surface area contributed by atoms with Crippen molar-refractivity contribution < 1.29 is 0 Å². The Labute approximate surface area is 189 Å². The average molecular weight is 438 g/mol. The Morgan fingerprint density at radius 1 is 1.09 bits per heavy atom. The van der Waals surface area contributed by atoms with E-state index in [0.717, 1.165) is 16.8 Å². The predicted octanol–water partition coefficient (Wildman–Crippen LogP) is 3.68. The molecule has 0 bridgehead atoms. The number of pyridine rings is 1. The molecule has 9 heteroatoms. The molecule has 1 saturated carbocycles. The maximum atomic E-state index is 13.4. The van der Waals surface area contributed by atoms with Crippen molar-refractivity contribution in [3.8, 4) is 23.0 Å². The van der Waals surface area contributed by atoms with Gasteiger partial charge in [-0.2, -0.15) is 9.78 Å². The van der Waals surface area contributed by atoms with Gasteiger partial charge in [0.25, 0.3) is 5.56 Å². The van der Waals surface area contributed by atoms with E-state index >= 15 is 0 Å². The van der Waals surface area contributed by atoms with Gasteiger partial charge in [-0.3, -0.25) is 4.79 Å². The van der Waals surface area contributed by atoms with E-state index in [4.69, 9.17) is 0 Å². The molecule has 5 aromatic rings. The number of hydrogen-bond acceptors (Lipinski definition) is 6. The molecule has 0 N–H and O–H groups in total. The Morgan fingerprint density at radius 3 is 2.79 bits per heavy atom. The first-order valence-electron chi connectivity index (χ1n) is 11.0. The lowest BCUT2D eigenvalue weighted by molar-refractivity contribution is 0.603. The van der Waals surface area contributed by atoms with Crippen molar-refractivity contribution in [3.63, 3.8) is 0 Å². The lowest BCUT2D eigenvalue weighted by atomic mass is 10.2. The van der Waals surface area contributed by atoms with Gasteiger partial charge in [0.2, 0.25) is 0 Å². The number of benzene rings is 1. The van der Waals surface area contributed by atoms with Crippen LogP contribution in [0.1, 0.15) is 44.3 Å². The van der Waals surface area contributed by atoms with Crippen molar-refractivity contribution >= 4 is 10.8 Å². The molecule has 0 aliphatic heterocycles. The number of hydrogen-bond donors (Lipinski definition) is 0. The van der Waals surface area contributed by atoms with Crippen LogP contribution in [-0.4, -0.2) is 39.1 Å². The van der Waals surface area contributed by atoms with E-state index < -0.39 is 0 Å². The smallest absolute Gasteiger partial charge is 0.280 e. The highest BCUT2D eigenvalue weighted by molar-refractivity contribution is 5.83. The molecule has 4 heterocycles. The first-order valence-corrected chi connectivity index (χ1v) is 11.0. The molecule has 4 aromatic heterocycles. The summed E-state index contributed by atoms with van der Waals surface area (Å²) in [5.74, 6) is 1.66. The van der Waals surface area contributed by atoms with E-state index in [1.54, 1.807) is 18.6 Å². The van der Waals surface area contributed by atoms with E-state index in [1.807, 2.05) is 45.8 Å². The minimum Gasteiger partial charge on any atom is -0.310 e. The normalized spacial score (nSPS) is 13.8. The summed E-state index contributed by atoms with van der Waals surface area (Å²) in [4.78, 5) is 22.6. The van der Waals surface area contributed by atoms with Crippen molar-refractivity contribution in [3.05, 3.63) is 77.5 Å². The van der Waals surface area contributed by atoms with Crippen molar-refractivity contribution in [2.45, 2.75) is 38.6 Å². The van der Waals surface area contributed by atoms with Crippen LogP contribution in [0.25, 0.3) is 33.8 Å². The van der Waals surface area contributed by atoms with Gasteiger partial charge in [-0.05, 0) is 51.0 Å². The molecule has 1 aromatic carbocycles. The molecule has 0 spiro atoms.